The number of urea groups is 1. The molecular formula is C27H38N8O4. The Morgan fingerprint density at radius 1 is 1.21 bits per heavy atom. The van der Waals surface area contributed by atoms with Gasteiger partial charge in [-0.25, -0.2) is 19.7 Å². The predicted molar refractivity (Wildman–Crippen MR) is 147 cm³/mol. The maximum absolute atomic E-state index is 12.3. The molecule has 12 heteroatoms. The number of carbonyl (C=O) groups is 1. The Hall–Kier alpha value is -3.32. The normalized spacial score (nSPS) is 25.5. The SMILES string of the molecule is CC1OC2C(CN1CCCCNC(=O)Nc1ccc(C(C)(C)C)cc1)OCC2(O)n1cnc2c(N)ncnc21. The van der Waals surface area contributed by atoms with Crippen LogP contribution in [0.2, 0.25) is 0 Å². The summed E-state index contributed by atoms with van der Waals surface area (Å²) in [7, 11) is 0. The van der Waals surface area contributed by atoms with Crippen molar-refractivity contribution in [3.05, 3.63) is 42.5 Å². The lowest BCUT2D eigenvalue weighted by atomic mass is 9.87. The lowest BCUT2D eigenvalue weighted by Crippen LogP contribution is -2.58. The summed E-state index contributed by atoms with van der Waals surface area (Å²) >= 11 is 0. The fourth-order valence-corrected chi connectivity index (χ4v) is 5.21. The van der Waals surface area contributed by atoms with Gasteiger partial charge in [-0.2, -0.15) is 0 Å². The van der Waals surface area contributed by atoms with Crippen molar-refractivity contribution in [3.8, 4) is 0 Å². The van der Waals surface area contributed by atoms with E-state index in [1.165, 1.54) is 18.2 Å². The highest BCUT2D eigenvalue weighted by Crippen LogP contribution is 2.38. The van der Waals surface area contributed by atoms with E-state index in [1.54, 1.807) is 4.57 Å². The summed E-state index contributed by atoms with van der Waals surface area (Å²) in [5.41, 5.74) is 7.39. The summed E-state index contributed by atoms with van der Waals surface area (Å²) in [5, 5.41) is 17.4. The van der Waals surface area contributed by atoms with E-state index in [1.807, 2.05) is 31.2 Å². The van der Waals surface area contributed by atoms with Crippen molar-refractivity contribution in [1.82, 2.24) is 29.7 Å². The molecule has 0 bridgehead atoms. The first-order chi connectivity index (χ1) is 18.6. The van der Waals surface area contributed by atoms with Crippen LogP contribution in [0, 0.1) is 0 Å². The number of aliphatic hydroxyl groups is 1. The quantitative estimate of drug-likeness (QED) is 0.332. The number of fused-ring (bicyclic) bond motifs is 2. The number of ether oxygens (including phenoxy) is 2. The Bertz CT molecular complexity index is 1310. The zero-order valence-electron chi connectivity index (χ0n) is 22.9. The van der Waals surface area contributed by atoms with Crippen molar-refractivity contribution >= 4 is 28.7 Å². The largest absolute Gasteiger partial charge is 0.382 e. The van der Waals surface area contributed by atoms with E-state index in [4.69, 9.17) is 15.2 Å². The van der Waals surface area contributed by atoms with Crippen molar-refractivity contribution in [2.45, 2.75) is 70.1 Å². The van der Waals surface area contributed by atoms with Crippen LogP contribution in [0.5, 0.6) is 0 Å². The minimum Gasteiger partial charge on any atom is -0.382 e. The molecule has 2 aliphatic rings. The number of nitrogens with zero attached hydrogens (tertiary/aromatic N) is 5. The molecule has 4 unspecified atom stereocenters. The fraction of sp³-hybridized carbons (Fsp3) is 0.556. The highest BCUT2D eigenvalue weighted by molar-refractivity contribution is 5.89. The predicted octanol–water partition coefficient (Wildman–Crippen LogP) is 2.40. The molecule has 39 heavy (non-hydrogen) atoms. The third-order valence-corrected chi connectivity index (χ3v) is 7.52. The number of hydrogen-bond donors (Lipinski definition) is 4. The number of rotatable bonds is 7. The molecule has 2 aromatic heterocycles. The van der Waals surface area contributed by atoms with Gasteiger partial charge in [-0.1, -0.05) is 32.9 Å². The summed E-state index contributed by atoms with van der Waals surface area (Å²) in [5.74, 6) is 0.253. The second-order valence-corrected chi connectivity index (χ2v) is 11.3. The van der Waals surface area contributed by atoms with E-state index in [9.17, 15) is 9.90 Å². The van der Waals surface area contributed by atoms with Gasteiger partial charge in [0.2, 0.25) is 0 Å². The molecule has 0 radical (unpaired) electrons. The van der Waals surface area contributed by atoms with Crippen molar-refractivity contribution in [3.63, 3.8) is 0 Å². The number of nitrogen functional groups attached to an aromatic ring is 1. The summed E-state index contributed by atoms with van der Waals surface area (Å²) in [4.78, 5) is 27.0. The molecule has 4 atom stereocenters. The molecule has 3 aromatic rings. The summed E-state index contributed by atoms with van der Waals surface area (Å²) in [6.07, 6.45) is 3.43. The average molecular weight is 539 g/mol. The molecule has 0 aliphatic carbocycles. The highest BCUT2D eigenvalue weighted by atomic mass is 16.6. The third kappa shape index (κ3) is 5.55. The molecule has 4 heterocycles. The summed E-state index contributed by atoms with van der Waals surface area (Å²) in [6, 6.07) is 7.72. The number of imidazole rings is 1. The second-order valence-electron chi connectivity index (χ2n) is 11.3. The van der Waals surface area contributed by atoms with Crippen LogP contribution in [0.15, 0.2) is 36.9 Å². The Balaban J connectivity index is 1.08. The minimum absolute atomic E-state index is 0.0518. The molecule has 2 amide bonds. The molecular weight excluding hydrogens is 500 g/mol. The number of amides is 2. The van der Waals surface area contributed by atoms with E-state index >= 15 is 0 Å². The van der Waals surface area contributed by atoms with Gasteiger partial charge in [-0.15, -0.1) is 0 Å². The van der Waals surface area contributed by atoms with E-state index in [2.05, 4.69) is 51.3 Å². The number of nitrogens with one attached hydrogen (secondary N) is 2. The highest BCUT2D eigenvalue weighted by Gasteiger charge is 2.55. The maximum Gasteiger partial charge on any atom is 0.319 e. The van der Waals surface area contributed by atoms with Crippen LogP contribution in [0.3, 0.4) is 0 Å². The third-order valence-electron chi connectivity index (χ3n) is 7.52. The zero-order chi connectivity index (χ0) is 27.8. The monoisotopic (exact) mass is 538 g/mol. The fourth-order valence-electron chi connectivity index (χ4n) is 5.21. The second kappa shape index (κ2) is 10.7. The standard InChI is InChI=1S/C27H38N8O4/c1-17-34(12-6-5-11-29-25(36)33-19-9-7-18(8-10-19)26(2,3)4)13-20-22(39-17)27(37,14-38-20)35-16-32-21-23(28)30-15-31-24(21)35/h7-10,15-17,20,22,37H,5-6,11-14H2,1-4H3,(H2,28,30,31)(H2,29,33,36). The number of anilines is 2. The number of carbonyl (C=O) groups excluding carboxylic acids is 1. The summed E-state index contributed by atoms with van der Waals surface area (Å²) in [6.45, 7) is 10.5. The van der Waals surface area contributed by atoms with E-state index in [-0.39, 0.29) is 36.2 Å². The molecule has 2 aliphatic heterocycles. The molecule has 2 saturated heterocycles. The Kier molecular flexibility index (Phi) is 7.47. The van der Waals surface area contributed by atoms with Gasteiger partial charge in [0.1, 0.15) is 30.3 Å². The molecule has 0 saturated carbocycles. The van der Waals surface area contributed by atoms with Gasteiger partial charge < -0.3 is 30.9 Å². The van der Waals surface area contributed by atoms with Crippen molar-refractivity contribution in [2.75, 3.05) is 37.3 Å². The lowest BCUT2D eigenvalue weighted by Gasteiger charge is -2.42. The van der Waals surface area contributed by atoms with Crippen LogP contribution in [0.1, 0.15) is 46.1 Å². The van der Waals surface area contributed by atoms with Gasteiger partial charge in [0.05, 0.1) is 12.9 Å². The topological polar surface area (TPSA) is 153 Å². The van der Waals surface area contributed by atoms with Crippen LogP contribution >= 0.6 is 0 Å². The number of benzene rings is 1. The van der Waals surface area contributed by atoms with Gasteiger partial charge in [0.15, 0.2) is 17.2 Å². The molecule has 5 N–H and O–H groups in total. The van der Waals surface area contributed by atoms with Crippen molar-refractivity contribution < 1.29 is 19.4 Å². The van der Waals surface area contributed by atoms with Crippen molar-refractivity contribution in [2.24, 2.45) is 0 Å². The molecule has 1 aromatic carbocycles. The van der Waals surface area contributed by atoms with Gasteiger partial charge in [0.25, 0.3) is 0 Å². The average Bonchev–Trinajstić information content (AvgIpc) is 3.47. The molecule has 5 rings (SSSR count). The number of nitrogens with two attached hydrogens (primary N) is 1. The smallest absolute Gasteiger partial charge is 0.319 e. The molecule has 210 valence electrons. The lowest BCUT2D eigenvalue weighted by molar-refractivity contribution is -0.214. The molecule has 2 fully saturated rings. The Morgan fingerprint density at radius 3 is 2.72 bits per heavy atom. The number of aromatic nitrogens is 4. The van der Waals surface area contributed by atoms with Gasteiger partial charge in [0, 0.05) is 25.3 Å². The van der Waals surface area contributed by atoms with Gasteiger partial charge in [-0.05, 0) is 42.9 Å². The first kappa shape index (κ1) is 27.3. The Labute approximate surface area is 227 Å². The first-order valence-corrected chi connectivity index (χ1v) is 13.4. The zero-order valence-corrected chi connectivity index (χ0v) is 22.9. The van der Waals surface area contributed by atoms with Gasteiger partial charge >= 0.3 is 6.03 Å². The Morgan fingerprint density at radius 2 is 1.97 bits per heavy atom. The van der Waals surface area contributed by atoms with Gasteiger partial charge in [-0.3, -0.25) is 9.47 Å². The van der Waals surface area contributed by atoms with Crippen LogP contribution in [-0.2, 0) is 20.6 Å². The van der Waals surface area contributed by atoms with Crippen molar-refractivity contribution in [1.29, 1.82) is 0 Å². The van der Waals surface area contributed by atoms with Crippen LogP contribution in [-0.4, -0.2) is 80.2 Å². The van der Waals surface area contributed by atoms with E-state index < -0.39 is 11.8 Å². The first-order valence-electron chi connectivity index (χ1n) is 13.4. The van der Waals surface area contributed by atoms with E-state index in [0.29, 0.717) is 24.3 Å². The summed E-state index contributed by atoms with van der Waals surface area (Å²) < 4.78 is 13.8. The van der Waals surface area contributed by atoms with Crippen LogP contribution in [0.25, 0.3) is 11.2 Å². The number of unbranched alkanes of at least 4 members (excludes halogenated alkanes) is 1. The van der Waals surface area contributed by atoms with Crippen LogP contribution < -0.4 is 16.4 Å². The minimum atomic E-state index is -1.45. The molecule has 12 nitrogen and oxygen atoms in total. The van der Waals surface area contributed by atoms with E-state index in [0.717, 1.165) is 25.1 Å². The number of hydrogen-bond acceptors (Lipinski definition) is 9. The van der Waals surface area contributed by atoms with Crippen LogP contribution in [0.4, 0.5) is 16.3 Å². The molecule has 0 spiro atoms. The maximum atomic E-state index is 12.3.